The third-order valence-corrected chi connectivity index (χ3v) is 2.42. The molecule has 76 valence electrons. The zero-order valence-corrected chi connectivity index (χ0v) is 8.43. The third kappa shape index (κ3) is 2.00. The molecule has 15 heavy (non-hydrogen) atoms. The van der Waals surface area contributed by atoms with Gasteiger partial charge in [-0.15, -0.1) is 0 Å². The second kappa shape index (κ2) is 3.99. The van der Waals surface area contributed by atoms with Crippen molar-refractivity contribution >= 4 is 11.6 Å². The molecule has 2 rings (SSSR count). The van der Waals surface area contributed by atoms with Crippen LogP contribution in [0.5, 0.6) is 0 Å². The van der Waals surface area contributed by atoms with Crippen LogP contribution in [-0.4, -0.2) is 0 Å². The Morgan fingerprint density at radius 2 is 1.60 bits per heavy atom. The summed E-state index contributed by atoms with van der Waals surface area (Å²) < 4.78 is 26.1. The highest BCUT2D eigenvalue weighted by Gasteiger charge is 2.08. The number of hydrogen-bond donors (Lipinski definition) is 0. The maximum atomic E-state index is 13.4. The maximum absolute atomic E-state index is 13.4. The summed E-state index contributed by atoms with van der Waals surface area (Å²) in [7, 11) is 0. The Morgan fingerprint density at radius 3 is 2.27 bits per heavy atom. The summed E-state index contributed by atoms with van der Waals surface area (Å²) in [5.74, 6) is -1.20. The predicted molar refractivity (Wildman–Crippen MR) is 56.8 cm³/mol. The molecule has 0 amide bonds. The lowest BCUT2D eigenvalue weighted by Gasteiger charge is -2.05. The Hall–Kier alpha value is -1.41. The second-order valence-electron chi connectivity index (χ2n) is 3.10. The third-order valence-electron chi connectivity index (χ3n) is 2.10. The Balaban J connectivity index is 2.60. The second-order valence-corrected chi connectivity index (χ2v) is 3.51. The minimum absolute atomic E-state index is 0.307. The minimum atomic E-state index is -0.608. The number of halogens is 3. The molecule has 0 spiro atoms. The van der Waals surface area contributed by atoms with Gasteiger partial charge in [-0.2, -0.15) is 0 Å². The summed E-state index contributed by atoms with van der Waals surface area (Å²) in [5.41, 5.74) is 0.874. The van der Waals surface area contributed by atoms with Crippen molar-refractivity contribution < 1.29 is 8.78 Å². The molecule has 0 aliphatic heterocycles. The van der Waals surface area contributed by atoms with E-state index in [0.717, 1.165) is 6.07 Å². The van der Waals surface area contributed by atoms with Crippen LogP contribution in [0.2, 0.25) is 5.02 Å². The van der Waals surface area contributed by atoms with Crippen molar-refractivity contribution in [3.8, 4) is 11.1 Å². The van der Waals surface area contributed by atoms with Crippen LogP contribution < -0.4 is 0 Å². The van der Waals surface area contributed by atoms with E-state index in [2.05, 4.69) is 0 Å². The summed E-state index contributed by atoms with van der Waals surface area (Å²) in [6.07, 6.45) is 0. The van der Waals surface area contributed by atoms with E-state index in [0.29, 0.717) is 16.1 Å². The molecule has 0 unspecified atom stereocenters. The standard InChI is InChI=1S/C12H7ClF2/c13-11-4-2-1-3-9(11)10-6-5-8(14)7-12(10)15/h1-7H. The van der Waals surface area contributed by atoms with Crippen molar-refractivity contribution in [2.75, 3.05) is 0 Å². The van der Waals surface area contributed by atoms with Crippen LogP contribution in [0, 0.1) is 11.6 Å². The van der Waals surface area contributed by atoms with Gasteiger partial charge in [0.25, 0.3) is 0 Å². The van der Waals surface area contributed by atoms with E-state index in [-0.39, 0.29) is 0 Å². The molecule has 2 aromatic rings. The van der Waals surface area contributed by atoms with Crippen molar-refractivity contribution in [3.63, 3.8) is 0 Å². The topological polar surface area (TPSA) is 0 Å². The lowest BCUT2D eigenvalue weighted by molar-refractivity contribution is 0.585. The van der Waals surface area contributed by atoms with E-state index in [4.69, 9.17) is 11.6 Å². The first-order valence-electron chi connectivity index (χ1n) is 4.38. The highest BCUT2D eigenvalue weighted by atomic mass is 35.5. The van der Waals surface area contributed by atoms with E-state index in [1.807, 2.05) is 0 Å². The van der Waals surface area contributed by atoms with Crippen molar-refractivity contribution in [2.24, 2.45) is 0 Å². The van der Waals surface area contributed by atoms with Crippen LogP contribution in [0.4, 0.5) is 8.78 Å². The van der Waals surface area contributed by atoms with Crippen LogP contribution in [0.25, 0.3) is 11.1 Å². The Kier molecular flexibility index (Phi) is 2.69. The fraction of sp³-hybridized carbons (Fsp3) is 0. The van der Waals surface area contributed by atoms with Gasteiger partial charge in [0.05, 0.1) is 0 Å². The SMILES string of the molecule is Fc1ccc(-c2ccccc2Cl)c(F)c1. The highest BCUT2D eigenvalue weighted by molar-refractivity contribution is 6.33. The highest BCUT2D eigenvalue weighted by Crippen LogP contribution is 2.29. The molecule has 0 atom stereocenters. The van der Waals surface area contributed by atoms with Crippen molar-refractivity contribution in [1.82, 2.24) is 0 Å². The molecule has 2 aromatic carbocycles. The average Bonchev–Trinajstić information content (AvgIpc) is 2.20. The van der Waals surface area contributed by atoms with Gasteiger partial charge in [0, 0.05) is 22.2 Å². The van der Waals surface area contributed by atoms with Gasteiger partial charge in [0.15, 0.2) is 0 Å². The van der Waals surface area contributed by atoms with E-state index in [9.17, 15) is 8.78 Å². The fourth-order valence-corrected chi connectivity index (χ4v) is 1.63. The van der Waals surface area contributed by atoms with Crippen LogP contribution in [-0.2, 0) is 0 Å². The molecule has 0 heterocycles. The molecule has 3 heteroatoms. The molecule has 0 aliphatic carbocycles. The van der Waals surface area contributed by atoms with Gasteiger partial charge in [-0.25, -0.2) is 8.78 Å². The first kappa shape index (κ1) is 10.1. The summed E-state index contributed by atoms with van der Waals surface area (Å²) >= 11 is 5.91. The lowest BCUT2D eigenvalue weighted by Crippen LogP contribution is -1.86. The van der Waals surface area contributed by atoms with E-state index in [1.54, 1.807) is 24.3 Å². The van der Waals surface area contributed by atoms with Gasteiger partial charge in [-0.1, -0.05) is 29.8 Å². The smallest absolute Gasteiger partial charge is 0.133 e. The zero-order valence-electron chi connectivity index (χ0n) is 7.68. The van der Waals surface area contributed by atoms with Crippen LogP contribution in [0.1, 0.15) is 0 Å². The molecule has 0 bridgehead atoms. The van der Waals surface area contributed by atoms with Gasteiger partial charge < -0.3 is 0 Å². The lowest BCUT2D eigenvalue weighted by atomic mass is 10.1. The van der Waals surface area contributed by atoms with Crippen molar-refractivity contribution in [3.05, 3.63) is 59.1 Å². The Bertz CT molecular complexity index is 495. The number of hydrogen-bond acceptors (Lipinski definition) is 0. The van der Waals surface area contributed by atoms with Crippen molar-refractivity contribution in [1.29, 1.82) is 0 Å². The first-order valence-corrected chi connectivity index (χ1v) is 4.76. The molecule has 0 aliphatic rings. The summed E-state index contributed by atoms with van der Waals surface area (Å²) in [6.45, 7) is 0. The molecule has 0 aromatic heterocycles. The summed E-state index contributed by atoms with van der Waals surface area (Å²) in [5, 5.41) is 0.447. The van der Waals surface area contributed by atoms with Crippen LogP contribution in [0.15, 0.2) is 42.5 Å². The monoisotopic (exact) mass is 224 g/mol. The molecular weight excluding hydrogens is 218 g/mol. The number of benzene rings is 2. The van der Waals surface area contributed by atoms with Gasteiger partial charge in [0.2, 0.25) is 0 Å². The first-order chi connectivity index (χ1) is 7.18. The van der Waals surface area contributed by atoms with Gasteiger partial charge in [-0.3, -0.25) is 0 Å². The van der Waals surface area contributed by atoms with Crippen molar-refractivity contribution in [2.45, 2.75) is 0 Å². The van der Waals surface area contributed by atoms with Gasteiger partial charge in [0.1, 0.15) is 11.6 Å². The van der Waals surface area contributed by atoms with Crippen LogP contribution in [0.3, 0.4) is 0 Å². The molecule has 0 fully saturated rings. The summed E-state index contributed by atoms with van der Waals surface area (Å²) in [4.78, 5) is 0. The molecular formula is C12H7ClF2. The molecule has 0 radical (unpaired) electrons. The largest absolute Gasteiger partial charge is 0.207 e. The average molecular weight is 225 g/mol. The maximum Gasteiger partial charge on any atom is 0.133 e. The van der Waals surface area contributed by atoms with Crippen LogP contribution >= 0.6 is 11.6 Å². The molecule has 0 saturated carbocycles. The predicted octanol–water partition coefficient (Wildman–Crippen LogP) is 4.29. The van der Waals surface area contributed by atoms with Gasteiger partial charge >= 0.3 is 0 Å². The van der Waals surface area contributed by atoms with E-state index in [1.165, 1.54) is 12.1 Å². The molecule has 0 nitrogen and oxygen atoms in total. The summed E-state index contributed by atoms with van der Waals surface area (Å²) in [6, 6.07) is 10.3. The van der Waals surface area contributed by atoms with Gasteiger partial charge in [-0.05, 0) is 18.2 Å². The molecule has 0 N–H and O–H groups in total. The number of rotatable bonds is 1. The van der Waals surface area contributed by atoms with E-state index >= 15 is 0 Å². The Morgan fingerprint density at radius 1 is 0.867 bits per heavy atom. The zero-order chi connectivity index (χ0) is 10.8. The quantitative estimate of drug-likeness (QED) is 0.678. The minimum Gasteiger partial charge on any atom is -0.207 e. The normalized spacial score (nSPS) is 10.3. The molecule has 0 saturated heterocycles. The fourth-order valence-electron chi connectivity index (χ4n) is 1.39. The Labute approximate surface area is 91.1 Å². The van der Waals surface area contributed by atoms with E-state index < -0.39 is 11.6 Å².